The van der Waals surface area contributed by atoms with Crippen molar-refractivity contribution in [3.63, 3.8) is 0 Å². The topological polar surface area (TPSA) is 15.3 Å². The molecule has 2 aliphatic rings. The summed E-state index contributed by atoms with van der Waals surface area (Å²) < 4.78 is 1.19. The van der Waals surface area contributed by atoms with Gasteiger partial charge in [0.15, 0.2) is 0 Å². The molecule has 16 heavy (non-hydrogen) atoms. The highest BCUT2D eigenvalue weighted by molar-refractivity contribution is 9.10. The summed E-state index contributed by atoms with van der Waals surface area (Å²) in [6, 6.07) is 7.20. The summed E-state index contributed by atoms with van der Waals surface area (Å²) in [7, 11) is 0. The van der Waals surface area contributed by atoms with E-state index < -0.39 is 0 Å². The maximum absolute atomic E-state index is 3.66. The first-order chi connectivity index (χ1) is 7.81. The summed E-state index contributed by atoms with van der Waals surface area (Å²) in [4.78, 5) is 2.54. The minimum absolute atomic E-state index is 0.647. The van der Waals surface area contributed by atoms with Gasteiger partial charge >= 0.3 is 0 Å². The quantitative estimate of drug-likeness (QED) is 0.896. The lowest BCUT2D eigenvalue weighted by Crippen LogP contribution is -2.45. The molecule has 1 saturated heterocycles. The first-order valence-electron chi connectivity index (χ1n) is 6.08. The van der Waals surface area contributed by atoms with Gasteiger partial charge in [0.1, 0.15) is 0 Å². The summed E-state index contributed by atoms with van der Waals surface area (Å²) in [5, 5.41) is 3.66. The Morgan fingerprint density at radius 1 is 1.38 bits per heavy atom. The van der Waals surface area contributed by atoms with E-state index in [4.69, 9.17) is 0 Å². The van der Waals surface area contributed by atoms with Crippen LogP contribution in [0.2, 0.25) is 0 Å². The summed E-state index contributed by atoms with van der Waals surface area (Å²) in [5.41, 5.74) is 2.79. The van der Waals surface area contributed by atoms with Crippen LogP contribution < -0.4 is 5.32 Å². The normalized spacial score (nSPS) is 24.4. The number of rotatable bonds is 2. The Bertz CT molecular complexity index is 388. The molecule has 0 saturated carbocycles. The van der Waals surface area contributed by atoms with Crippen molar-refractivity contribution in [2.45, 2.75) is 25.3 Å². The molecule has 1 aromatic rings. The molecule has 1 aromatic carbocycles. The summed E-state index contributed by atoms with van der Waals surface area (Å²) >= 11 is 3.53. The molecule has 2 aliphatic heterocycles. The molecule has 86 valence electrons. The molecule has 0 aromatic heterocycles. The summed E-state index contributed by atoms with van der Waals surface area (Å²) in [6.07, 6.45) is 3.86. The molecule has 0 amide bonds. The molecule has 2 heterocycles. The first kappa shape index (κ1) is 10.6. The van der Waals surface area contributed by atoms with Crippen molar-refractivity contribution in [1.29, 1.82) is 0 Å². The Balaban J connectivity index is 1.68. The van der Waals surface area contributed by atoms with Crippen LogP contribution in [0.5, 0.6) is 0 Å². The Hall–Kier alpha value is -0.540. The highest BCUT2D eigenvalue weighted by atomic mass is 79.9. The Labute approximate surface area is 105 Å². The summed E-state index contributed by atoms with van der Waals surface area (Å²) in [6.45, 7) is 3.81. The maximum Gasteiger partial charge on any atom is 0.0391 e. The molecule has 0 aliphatic carbocycles. The lowest BCUT2D eigenvalue weighted by Gasteiger charge is -2.36. The van der Waals surface area contributed by atoms with Crippen LogP contribution in [-0.2, 0) is 6.42 Å². The Kier molecular flexibility index (Phi) is 2.90. The van der Waals surface area contributed by atoms with Gasteiger partial charge in [-0.3, -0.25) is 0 Å². The summed E-state index contributed by atoms with van der Waals surface area (Å²) in [5.74, 6) is 0. The van der Waals surface area contributed by atoms with Gasteiger partial charge in [-0.1, -0.05) is 15.9 Å². The van der Waals surface area contributed by atoms with E-state index in [9.17, 15) is 0 Å². The van der Waals surface area contributed by atoms with E-state index in [1.54, 1.807) is 0 Å². The molecule has 2 nitrogen and oxygen atoms in total. The van der Waals surface area contributed by atoms with Crippen molar-refractivity contribution in [3.05, 3.63) is 28.2 Å². The van der Waals surface area contributed by atoms with Crippen molar-refractivity contribution in [3.8, 4) is 0 Å². The van der Waals surface area contributed by atoms with Crippen LogP contribution in [0, 0.1) is 0 Å². The average molecular weight is 281 g/mol. The van der Waals surface area contributed by atoms with E-state index in [0.717, 1.165) is 0 Å². The first-order valence-corrected chi connectivity index (χ1v) is 6.88. The molecule has 0 bridgehead atoms. The highest BCUT2D eigenvalue weighted by Gasteiger charge is 2.22. The molecule has 1 unspecified atom stereocenters. The van der Waals surface area contributed by atoms with Gasteiger partial charge in [0.25, 0.3) is 0 Å². The van der Waals surface area contributed by atoms with Crippen molar-refractivity contribution in [2.75, 3.05) is 25.0 Å². The van der Waals surface area contributed by atoms with Gasteiger partial charge in [-0.25, -0.2) is 0 Å². The average Bonchev–Trinajstić information content (AvgIpc) is 2.23. The lowest BCUT2D eigenvalue weighted by atomic mass is 9.97. The second kappa shape index (κ2) is 4.38. The third-order valence-electron chi connectivity index (χ3n) is 3.62. The van der Waals surface area contributed by atoms with Crippen molar-refractivity contribution >= 4 is 21.6 Å². The number of halogens is 1. The van der Waals surface area contributed by atoms with Crippen LogP contribution >= 0.6 is 15.9 Å². The predicted molar refractivity (Wildman–Crippen MR) is 70.9 cm³/mol. The maximum atomic E-state index is 3.66. The number of aryl methyl sites for hydroxylation is 1. The molecule has 0 spiro atoms. The van der Waals surface area contributed by atoms with E-state index >= 15 is 0 Å². The zero-order valence-electron chi connectivity index (χ0n) is 9.38. The van der Waals surface area contributed by atoms with Gasteiger partial charge in [0.05, 0.1) is 0 Å². The molecule has 1 atom stereocenters. The van der Waals surface area contributed by atoms with Gasteiger partial charge in [-0.2, -0.15) is 0 Å². The zero-order chi connectivity index (χ0) is 11.0. The van der Waals surface area contributed by atoms with Crippen molar-refractivity contribution in [1.82, 2.24) is 4.90 Å². The monoisotopic (exact) mass is 280 g/mol. The Morgan fingerprint density at radius 2 is 2.25 bits per heavy atom. The highest BCUT2D eigenvalue weighted by Crippen LogP contribution is 2.28. The van der Waals surface area contributed by atoms with Crippen LogP contribution in [0.3, 0.4) is 0 Å². The van der Waals surface area contributed by atoms with Crippen LogP contribution in [0.25, 0.3) is 0 Å². The fourth-order valence-corrected chi connectivity index (χ4v) is 2.95. The van der Waals surface area contributed by atoms with Gasteiger partial charge in [-0.05, 0) is 56.1 Å². The SMILES string of the molecule is Brc1ccc2c(c1)CCC(CN1CCC1)N2. The van der Waals surface area contributed by atoms with Gasteiger partial charge in [0, 0.05) is 22.7 Å². The number of fused-ring (bicyclic) bond motifs is 1. The number of nitrogens with one attached hydrogen (secondary N) is 1. The second-order valence-corrected chi connectivity index (χ2v) is 5.75. The number of hydrogen-bond donors (Lipinski definition) is 1. The van der Waals surface area contributed by atoms with Crippen molar-refractivity contribution in [2.24, 2.45) is 0 Å². The number of anilines is 1. The number of hydrogen-bond acceptors (Lipinski definition) is 2. The van der Waals surface area contributed by atoms with Gasteiger partial charge < -0.3 is 10.2 Å². The number of likely N-dealkylation sites (tertiary alicyclic amines) is 1. The molecule has 3 heteroatoms. The van der Waals surface area contributed by atoms with E-state index in [0.29, 0.717) is 6.04 Å². The molecular formula is C13H17BrN2. The standard InChI is InChI=1S/C13H17BrN2/c14-11-3-5-13-10(8-11)2-4-12(15-13)9-16-6-1-7-16/h3,5,8,12,15H,1-2,4,6-7,9H2. The van der Waals surface area contributed by atoms with Crippen LogP contribution in [0.4, 0.5) is 5.69 Å². The third-order valence-corrected chi connectivity index (χ3v) is 4.11. The van der Waals surface area contributed by atoms with Crippen molar-refractivity contribution < 1.29 is 0 Å². The van der Waals surface area contributed by atoms with Crippen LogP contribution in [0.1, 0.15) is 18.4 Å². The predicted octanol–water partition coefficient (Wildman–Crippen LogP) is 2.88. The molecular weight excluding hydrogens is 264 g/mol. The number of benzene rings is 1. The minimum Gasteiger partial charge on any atom is -0.381 e. The third kappa shape index (κ3) is 2.11. The van der Waals surface area contributed by atoms with E-state index in [-0.39, 0.29) is 0 Å². The Morgan fingerprint density at radius 3 is 3.00 bits per heavy atom. The van der Waals surface area contributed by atoms with Crippen LogP contribution in [-0.4, -0.2) is 30.6 Å². The lowest BCUT2D eigenvalue weighted by molar-refractivity contribution is 0.171. The fraction of sp³-hybridized carbons (Fsp3) is 0.538. The second-order valence-electron chi connectivity index (χ2n) is 4.84. The smallest absolute Gasteiger partial charge is 0.0391 e. The van der Waals surface area contributed by atoms with E-state index in [1.807, 2.05) is 0 Å². The molecule has 3 rings (SSSR count). The zero-order valence-corrected chi connectivity index (χ0v) is 11.0. The molecule has 1 N–H and O–H groups in total. The molecule has 1 fully saturated rings. The number of nitrogens with zero attached hydrogens (tertiary/aromatic N) is 1. The van der Waals surface area contributed by atoms with Crippen LogP contribution in [0.15, 0.2) is 22.7 Å². The fourth-order valence-electron chi connectivity index (χ4n) is 2.54. The van der Waals surface area contributed by atoms with Gasteiger partial charge in [-0.15, -0.1) is 0 Å². The van der Waals surface area contributed by atoms with E-state index in [2.05, 4.69) is 44.3 Å². The molecule has 0 radical (unpaired) electrons. The van der Waals surface area contributed by atoms with Gasteiger partial charge in [0.2, 0.25) is 0 Å². The van der Waals surface area contributed by atoms with E-state index in [1.165, 1.54) is 54.6 Å². The largest absolute Gasteiger partial charge is 0.381 e. The minimum atomic E-state index is 0.647.